The van der Waals surface area contributed by atoms with E-state index >= 15 is 0 Å². The number of nitrogens with two attached hydrogens (primary N) is 1. The quantitative estimate of drug-likeness (QED) is 0.779. The minimum Gasteiger partial charge on any atom is -0.508 e. The van der Waals surface area contributed by atoms with Crippen molar-refractivity contribution in [1.82, 2.24) is 0 Å². The fourth-order valence-corrected chi connectivity index (χ4v) is 1.81. The molecule has 0 aliphatic rings. The van der Waals surface area contributed by atoms with E-state index in [1.165, 1.54) is 5.56 Å². The van der Waals surface area contributed by atoms with Crippen LogP contribution in [0.2, 0.25) is 0 Å². The number of hydrogen-bond donors (Lipinski definition) is 2. The molecule has 0 amide bonds. The molecule has 0 bridgehead atoms. The summed E-state index contributed by atoms with van der Waals surface area (Å²) >= 11 is 0. The SMILES string of the molecule is CCCc1ccc(O)c(C(N)CCC)c1. The predicted octanol–water partition coefficient (Wildman–Crippen LogP) is 3.14. The van der Waals surface area contributed by atoms with E-state index in [0.717, 1.165) is 31.2 Å². The van der Waals surface area contributed by atoms with Gasteiger partial charge in [-0.1, -0.05) is 38.8 Å². The average molecular weight is 207 g/mol. The van der Waals surface area contributed by atoms with Crippen LogP contribution in [0, 0.1) is 0 Å². The second-order valence-corrected chi connectivity index (χ2v) is 4.04. The molecule has 0 radical (unpaired) electrons. The first-order chi connectivity index (χ1) is 7.19. The Bertz CT molecular complexity index is 309. The van der Waals surface area contributed by atoms with Crippen molar-refractivity contribution in [2.75, 3.05) is 0 Å². The van der Waals surface area contributed by atoms with Crippen molar-refractivity contribution < 1.29 is 5.11 Å². The number of aryl methyl sites for hydroxylation is 1. The number of phenols is 1. The summed E-state index contributed by atoms with van der Waals surface area (Å²) in [6.45, 7) is 4.26. The Balaban J connectivity index is 2.89. The lowest BCUT2D eigenvalue weighted by Crippen LogP contribution is -2.10. The Hall–Kier alpha value is -1.02. The van der Waals surface area contributed by atoms with E-state index in [0.29, 0.717) is 5.75 Å². The highest BCUT2D eigenvalue weighted by atomic mass is 16.3. The molecule has 0 aromatic heterocycles. The summed E-state index contributed by atoms with van der Waals surface area (Å²) in [5.41, 5.74) is 8.16. The molecule has 1 rings (SSSR count). The van der Waals surface area contributed by atoms with E-state index in [2.05, 4.69) is 13.8 Å². The summed E-state index contributed by atoms with van der Waals surface area (Å²) in [7, 11) is 0. The van der Waals surface area contributed by atoms with E-state index in [1.807, 2.05) is 12.1 Å². The van der Waals surface area contributed by atoms with Crippen molar-refractivity contribution >= 4 is 0 Å². The standard InChI is InChI=1S/C13H21NO/c1-3-5-10-7-8-13(15)11(9-10)12(14)6-4-2/h7-9,12,15H,3-6,14H2,1-2H3. The van der Waals surface area contributed by atoms with Gasteiger partial charge in [-0.05, 0) is 24.5 Å². The molecule has 0 saturated heterocycles. The molecule has 1 atom stereocenters. The van der Waals surface area contributed by atoms with Crippen molar-refractivity contribution in [2.45, 2.75) is 45.6 Å². The molecule has 0 aliphatic heterocycles. The third-order valence-corrected chi connectivity index (χ3v) is 2.63. The van der Waals surface area contributed by atoms with Crippen LogP contribution in [0.25, 0.3) is 0 Å². The lowest BCUT2D eigenvalue weighted by atomic mass is 9.98. The molecular formula is C13H21NO. The van der Waals surface area contributed by atoms with E-state index < -0.39 is 0 Å². The number of aromatic hydroxyl groups is 1. The molecule has 1 unspecified atom stereocenters. The molecule has 0 fully saturated rings. The average Bonchev–Trinajstić information content (AvgIpc) is 2.21. The Morgan fingerprint density at radius 3 is 2.60 bits per heavy atom. The molecule has 2 heteroatoms. The van der Waals surface area contributed by atoms with Gasteiger partial charge in [-0.2, -0.15) is 0 Å². The zero-order chi connectivity index (χ0) is 11.3. The summed E-state index contributed by atoms with van der Waals surface area (Å²) in [4.78, 5) is 0. The molecule has 2 nitrogen and oxygen atoms in total. The van der Waals surface area contributed by atoms with Crippen molar-refractivity contribution in [3.8, 4) is 5.75 Å². The number of hydrogen-bond acceptors (Lipinski definition) is 2. The van der Waals surface area contributed by atoms with E-state index in [-0.39, 0.29) is 6.04 Å². The van der Waals surface area contributed by atoms with Gasteiger partial charge in [0.25, 0.3) is 0 Å². The summed E-state index contributed by atoms with van der Waals surface area (Å²) in [6, 6.07) is 5.74. The van der Waals surface area contributed by atoms with Gasteiger partial charge in [-0.3, -0.25) is 0 Å². The molecular weight excluding hydrogens is 186 g/mol. The Kier molecular flexibility index (Phi) is 4.63. The monoisotopic (exact) mass is 207 g/mol. The minimum atomic E-state index is -0.0354. The normalized spacial score (nSPS) is 12.7. The molecule has 0 heterocycles. The lowest BCUT2D eigenvalue weighted by Gasteiger charge is -2.14. The zero-order valence-corrected chi connectivity index (χ0v) is 9.66. The van der Waals surface area contributed by atoms with Gasteiger partial charge < -0.3 is 10.8 Å². The van der Waals surface area contributed by atoms with Gasteiger partial charge in [-0.25, -0.2) is 0 Å². The summed E-state index contributed by atoms with van der Waals surface area (Å²) in [5, 5.41) is 9.72. The molecule has 1 aromatic carbocycles. The highest BCUT2D eigenvalue weighted by Crippen LogP contribution is 2.26. The van der Waals surface area contributed by atoms with Gasteiger partial charge in [0, 0.05) is 11.6 Å². The van der Waals surface area contributed by atoms with Gasteiger partial charge in [0.15, 0.2) is 0 Å². The summed E-state index contributed by atoms with van der Waals surface area (Å²) < 4.78 is 0. The Morgan fingerprint density at radius 1 is 1.27 bits per heavy atom. The van der Waals surface area contributed by atoms with Crippen LogP contribution in [0.4, 0.5) is 0 Å². The van der Waals surface area contributed by atoms with Crippen LogP contribution in [0.5, 0.6) is 5.75 Å². The molecule has 3 N–H and O–H groups in total. The van der Waals surface area contributed by atoms with Gasteiger partial charge in [-0.15, -0.1) is 0 Å². The highest BCUT2D eigenvalue weighted by molar-refractivity contribution is 5.38. The van der Waals surface area contributed by atoms with Gasteiger partial charge in [0.2, 0.25) is 0 Å². The summed E-state index contributed by atoms with van der Waals surface area (Å²) in [5.74, 6) is 0.329. The van der Waals surface area contributed by atoms with Crippen LogP contribution in [0.1, 0.15) is 50.3 Å². The van der Waals surface area contributed by atoms with Gasteiger partial charge in [0.1, 0.15) is 5.75 Å². The second kappa shape index (κ2) is 5.76. The van der Waals surface area contributed by atoms with Crippen molar-refractivity contribution in [2.24, 2.45) is 5.73 Å². The van der Waals surface area contributed by atoms with E-state index in [9.17, 15) is 5.11 Å². The van der Waals surface area contributed by atoms with E-state index in [1.54, 1.807) is 6.07 Å². The minimum absolute atomic E-state index is 0.0354. The third kappa shape index (κ3) is 3.24. The van der Waals surface area contributed by atoms with E-state index in [4.69, 9.17) is 5.73 Å². The lowest BCUT2D eigenvalue weighted by molar-refractivity contribution is 0.457. The second-order valence-electron chi connectivity index (χ2n) is 4.04. The Labute approximate surface area is 92.1 Å². The number of phenolic OH excluding ortho intramolecular Hbond substituents is 1. The molecule has 15 heavy (non-hydrogen) atoms. The first-order valence-corrected chi connectivity index (χ1v) is 5.76. The smallest absolute Gasteiger partial charge is 0.120 e. The fourth-order valence-electron chi connectivity index (χ4n) is 1.81. The topological polar surface area (TPSA) is 46.2 Å². The molecule has 0 aliphatic carbocycles. The molecule has 84 valence electrons. The van der Waals surface area contributed by atoms with Crippen LogP contribution in [-0.4, -0.2) is 5.11 Å². The van der Waals surface area contributed by atoms with Crippen LogP contribution < -0.4 is 5.73 Å². The van der Waals surface area contributed by atoms with Crippen LogP contribution >= 0.6 is 0 Å². The maximum Gasteiger partial charge on any atom is 0.120 e. The van der Waals surface area contributed by atoms with Gasteiger partial charge >= 0.3 is 0 Å². The summed E-state index contributed by atoms with van der Waals surface area (Å²) in [6.07, 6.45) is 4.13. The molecule has 1 aromatic rings. The van der Waals surface area contributed by atoms with Crippen molar-refractivity contribution in [3.05, 3.63) is 29.3 Å². The third-order valence-electron chi connectivity index (χ3n) is 2.63. The maximum atomic E-state index is 9.72. The Morgan fingerprint density at radius 2 is 2.00 bits per heavy atom. The van der Waals surface area contributed by atoms with Crippen LogP contribution in [0.3, 0.4) is 0 Å². The first-order valence-electron chi connectivity index (χ1n) is 5.76. The van der Waals surface area contributed by atoms with Gasteiger partial charge in [0.05, 0.1) is 0 Å². The fraction of sp³-hybridized carbons (Fsp3) is 0.538. The van der Waals surface area contributed by atoms with Crippen LogP contribution in [0.15, 0.2) is 18.2 Å². The predicted molar refractivity (Wildman–Crippen MR) is 63.9 cm³/mol. The largest absolute Gasteiger partial charge is 0.508 e. The first kappa shape index (κ1) is 12.1. The maximum absolute atomic E-state index is 9.72. The highest BCUT2D eigenvalue weighted by Gasteiger charge is 2.10. The number of rotatable bonds is 5. The molecule has 0 saturated carbocycles. The van der Waals surface area contributed by atoms with Crippen molar-refractivity contribution in [1.29, 1.82) is 0 Å². The van der Waals surface area contributed by atoms with Crippen molar-refractivity contribution in [3.63, 3.8) is 0 Å². The molecule has 0 spiro atoms. The number of benzene rings is 1. The van der Waals surface area contributed by atoms with Crippen LogP contribution in [-0.2, 0) is 6.42 Å². The zero-order valence-electron chi connectivity index (χ0n) is 9.66.